The summed E-state index contributed by atoms with van der Waals surface area (Å²) >= 11 is 5.31. The first-order valence-corrected chi connectivity index (χ1v) is 8.66. The maximum absolute atomic E-state index is 13.0. The zero-order chi connectivity index (χ0) is 17.4. The van der Waals surface area contributed by atoms with Gasteiger partial charge in [0.25, 0.3) is 0 Å². The van der Waals surface area contributed by atoms with Gasteiger partial charge in [-0.15, -0.1) is 0 Å². The second-order valence-corrected chi connectivity index (χ2v) is 6.91. The lowest BCUT2D eigenvalue weighted by Crippen LogP contribution is -2.70. The van der Waals surface area contributed by atoms with Crippen LogP contribution in [0.25, 0.3) is 0 Å². The Kier molecular flexibility index (Phi) is 3.84. The van der Waals surface area contributed by atoms with Crippen LogP contribution in [0.1, 0.15) is 24.1 Å². The van der Waals surface area contributed by atoms with Crippen LogP contribution in [0.5, 0.6) is 5.75 Å². The van der Waals surface area contributed by atoms with Gasteiger partial charge in [0, 0.05) is 12.1 Å². The van der Waals surface area contributed by atoms with Crippen LogP contribution in [0.15, 0.2) is 54.6 Å². The number of nitrogens with one attached hydrogen (secondary N) is 3. The summed E-state index contributed by atoms with van der Waals surface area (Å²) in [5, 5.41) is 9.89. The molecule has 128 valence electrons. The average Bonchev–Trinajstić information content (AvgIpc) is 2.59. The molecule has 2 aromatic rings. The van der Waals surface area contributed by atoms with Gasteiger partial charge in [-0.2, -0.15) is 0 Å². The van der Waals surface area contributed by atoms with Crippen molar-refractivity contribution in [3.05, 3.63) is 65.7 Å². The van der Waals surface area contributed by atoms with E-state index in [0.29, 0.717) is 11.7 Å². The Morgan fingerprint density at radius 3 is 2.72 bits per heavy atom. The molecular formula is C19H19N3O2S. The van der Waals surface area contributed by atoms with E-state index in [1.54, 1.807) is 0 Å². The van der Waals surface area contributed by atoms with Crippen molar-refractivity contribution in [2.75, 3.05) is 0 Å². The molecule has 0 spiro atoms. The quantitative estimate of drug-likeness (QED) is 0.739. The van der Waals surface area contributed by atoms with Crippen molar-refractivity contribution in [2.24, 2.45) is 5.92 Å². The molecule has 1 amide bonds. The van der Waals surface area contributed by atoms with E-state index >= 15 is 0 Å². The number of hydrogen-bond acceptors (Lipinski definition) is 3. The van der Waals surface area contributed by atoms with Gasteiger partial charge in [0.05, 0.1) is 6.04 Å². The molecular weight excluding hydrogens is 334 g/mol. The molecule has 1 fully saturated rings. The molecule has 4 rings (SSSR count). The van der Waals surface area contributed by atoms with Crippen LogP contribution in [-0.2, 0) is 11.3 Å². The van der Waals surface area contributed by atoms with Gasteiger partial charge in [-0.05, 0) is 30.8 Å². The third-order valence-corrected chi connectivity index (χ3v) is 4.96. The largest absolute Gasteiger partial charge is 0.467 e. The van der Waals surface area contributed by atoms with E-state index in [4.69, 9.17) is 17.0 Å². The molecule has 0 aromatic heterocycles. The van der Waals surface area contributed by atoms with Crippen LogP contribution in [0, 0.1) is 5.92 Å². The highest BCUT2D eigenvalue weighted by molar-refractivity contribution is 7.80. The summed E-state index contributed by atoms with van der Waals surface area (Å²) in [6.45, 7) is 2.35. The maximum atomic E-state index is 13.0. The monoisotopic (exact) mass is 353 g/mol. The second kappa shape index (κ2) is 6.04. The highest BCUT2D eigenvalue weighted by atomic mass is 32.1. The van der Waals surface area contributed by atoms with Crippen LogP contribution in [0.4, 0.5) is 0 Å². The summed E-state index contributed by atoms with van der Waals surface area (Å²) in [7, 11) is 0. The molecule has 3 atom stereocenters. The number of hydrogen-bond donors (Lipinski definition) is 3. The van der Waals surface area contributed by atoms with E-state index in [2.05, 4.69) is 16.0 Å². The summed E-state index contributed by atoms with van der Waals surface area (Å²) in [5.74, 6) is 0.246. The number of ether oxygens (including phenoxy) is 1. The van der Waals surface area contributed by atoms with E-state index in [-0.39, 0.29) is 11.9 Å². The molecule has 2 bridgehead atoms. The van der Waals surface area contributed by atoms with Crippen molar-refractivity contribution in [1.29, 1.82) is 0 Å². The topological polar surface area (TPSA) is 62.4 Å². The standard InChI is InChI=1S/C19H19N3O2S/c1-19-15(17(23)20-11-12-7-3-2-4-8-12)16(21-18(25)22-19)13-9-5-6-10-14(13)24-19/h2-10,15-16H,11H2,1H3,(H,20,23)(H2,21,22,25)/t15?,16?,19-/m0/s1. The van der Waals surface area contributed by atoms with Gasteiger partial charge in [0.15, 0.2) is 10.8 Å². The molecule has 2 unspecified atom stereocenters. The fraction of sp³-hybridized carbons (Fsp3) is 0.263. The van der Waals surface area contributed by atoms with Crippen LogP contribution in [0.3, 0.4) is 0 Å². The fourth-order valence-electron chi connectivity index (χ4n) is 3.58. The average molecular weight is 353 g/mol. The molecule has 2 aliphatic rings. The molecule has 2 aliphatic heterocycles. The summed E-state index contributed by atoms with van der Waals surface area (Å²) in [6, 6.07) is 17.4. The van der Waals surface area contributed by atoms with Crippen LogP contribution in [0.2, 0.25) is 0 Å². The van der Waals surface area contributed by atoms with E-state index < -0.39 is 11.6 Å². The summed E-state index contributed by atoms with van der Waals surface area (Å²) in [5.41, 5.74) is 1.12. The molecule has 0 radical (unpaired) electrons. The Hall–Kier alpha value is -2.60. The number of thiocarbonyl (C=S) groups is 1. The van der Waals surface area contributed by atoms with Crippen molar-refractivity contribution in [1.82, 2.24) is 16.0 Å². The van der Waals surface area contributed by atoms with Crippen LogP contribution < -0.4 is 20.7 Å². The number of rotatable bonds is 3. The van der Waals surface area contributed by atoms with Gasteiger partial charge in [-0.3, -0.25) is 4.79 Å². The minimum absolute atomic E-state index is 0.0756. The Morgan fingerprint density at radius 1 is 1.20 bits per heavy atom. The van der Waals surface area contributed by atoms with Gasteiger partial charge in [0.1, 0.15) is 11.7 Å². The SMILES string of the molecule is C[C@]12NC(=S)NC(c3ccccc3O1)C2C(=O)NCc1ccccc1. The van der Waals surface area contributed by atoms with Gasteiger partial charge in [-0.1, -0.05) is 48.5 Å². The highest BCUT2D eigenvalue weighted by Crippen LogP contribution is 2.44. The third-order valence-electron chi connectivity index (χ3n) is 4.74. The lowest BCUT2D eigenvalue weighted by atomic mass is 9.80. The maximum Gasteiger partial charge on any atom is 0.231 e. The fourth-order valence-corrected chi connectivity index (χ4v) is 3.91. The van der Waals surface area contributed by atoms with Gasteiger partial charge in [0.2, 0.25) is 5.91 Å². The van der Waals surface area contributed by atoms with E-state index in [9.17, 15) is 4.79 Å². The van der Waals surface area contributed by atoms with Crippen molar-refractivity contribution in [2.45, 2.75) is 25.2 Å². The molecule has 5 nitrogen and oxygen atoms in total. The predicted molar refractivity (Wildman–Crippen MR) is 98.9 cm³/mol. The highest BCUT2D eigenvalue weighted by Gasteiger charge is 2.54. The molecule has 0 saturated carbocycles. The summed E-state index contributed by atoms with van der Waals surface area (Å²) in [4.78, 5) is 13.0. The van der Waals surface area contributed by atoms with Gasteiger partial charge < -0.3 is 20.7 Å². The van der Waals surface area contributed by atoms with Crippen molar-refractivity contribution >= 4 is 23.2 Å². The zero-order valence-corrected chi connectivity index (χ0v) is 14.6. The molecule has 3 N–H and O–H groups in total. The molecule has 6 heteroatoms. The van der Waals surface area contributed by atoms with E-state index in [1.165, 1.54) is 0 Å². The lowest BCUT2D eigenvalue weighted by Gasteiger charge is -2.50. The Bertz CT molecular complexity index is 826. The minimum Gasteiger partial charge on any atom is -0.467 e. The minimum atomic E-state index is -0.887. The van der Waals surface area contributed by atoms with Crippen molar-refractivity contribution in [3.8, 4) is 5.75 Å². The molecule has 1 saturated heterocycles. The second-order valence-electron chi connectivity index (χ2n) is 6.50. The van der Waals surface area contributed by atoms with E-state index in [1.807, 2.05) is 61.5 Å². The van der Waals surface area contributed by atoms with Crippen LogP contribution >= 0.6 is 12.2 Å². The Morgan fingerprint density at radius 2 is 1.92 bits per heavy atom. The number of benzene rings is 2. The Labute approximate surface area is 151 Å². The Balaban J connectivity index is 1.62. The number of amides is 1. The molecule has 25 heavy (non-hydrogen) atoms. The molecule has 2 heterocycles. The normalized spacial score (nSPS) is 26.5. The van der Waals surface area contributed by atoms with Gasteiger partial charge >= 0.3 is 0 Å². The third kappa shape index (κ3) is 2.82. The number of carbonyl (C=O) groups is 1. The first kappa shape index (κ1) is 15.9. The summed E-state index contributed by atoms with van der Waals surface area (Å²) < 4.78 is 6.15. The smallest absolute Gasteiger partial charge is 0.231 e. The number of carbonyl (C=O) groups excluding carboxylic acids is 1. The van der Waals surface area contributed by atoms with Crippen molar-refractivity contribution in [3.63, 3.8) is 0 Å². The number of fused-ring (bicyclic) bond motifs is 4. The molecule has 2 aromatic carbocycles. The predicted octanol–water partition coefficient (Wildman–Crippen LogP) is 2.25. The summed E-state index contributed by atoms with van der Waals surface area (Å²) in [6.07, 6.45) is 0. The first-order chi connectivity index (χ1) is 12.1. The van der Waals surface area contributed by atoms with E-state index in [0.717, 1.165) is 16.9 Å². The van der Waals surface area contributed by atoms with Gasteiger partial charge in [-0.25, -0.2) is 0 Å². The number of para-hydroxylation sites is 1. The van der Waals surface area contributed by atoms with Crippen LogP contribution in [-0.4, -0.2) is 16.7 Å². The zero-order valence-electron chi connectivity index (χ0n) is 13.8. The molecule has 0 aliphatic carbocycles. The lowest BCUT2D eigenvalue weighted by molar-refractivity contribution is -0.138. The van der Waals surface area contributed by atoms with Crippen molar-refractivity contribution < 1.29 is 9.53 Å². The first-order valence-electron chi connectivity index (χ1n) is 8.25.